The van der Waals surface area contributed by atoms with E-state index in [4.69, 9.17) is 15.2 Å². The molecule has 2 unspecified atom stereocenters. The number of nitrogens with two attached hydrogens (primary N) is 1. The molecule has 19 heavy (non-hydrogen) atoms. The van der Waals surface area contributed by atoms with Crippen molar-refractivity contribution in [3.05, 3.63) is 24.3 Å². The van der Waals surface area contributed by atoms with Crippen LogP contribution in [-0.2, 0) is 14.3 Å². The molecule has 0 saturated carbocycles. The number of ether oxygens (including phenoxy) is 2. The van der Waals surface area contributed by atoms with Gasteiger partial charge in [0.2, 0.25) is 0 Å². The summed E-state index contributed by atoms with van der Waals surface area (Å²) in [6.07, 6.45) is 0.532. The first-order valence-electron chi connectivity index (χ1n) is 6.51. The Kier molecular flexibility index (Phi) is 4.76. The zero-order valence-corrected chi connectivity index (χ0v) is 11.1. The molecule has 1 aliphatic heterocycles. The van der Waals surface area contributed by atoms with Crippen LogP contribution in [0.2, 0.25) is 0 Å². The van der Waals surface area contributed by atoms with Crippen molar-refractivity contribution in [2.24, 2.45) is 5.92 Å². The Labute approximate surface area is 113 Å². The van der Waals surface area contributed by atoms with Gasteiger partial charge in [0.15, 0.2) is 0 Å². The number of amides is 1. The maximum absolute atomic E-state index is 11.9. The van der Waals surface area contributed by atoms with Gasteiger partial charge in [0.05, 0.1) is 13.2 Å². The smallest absolute Gasteiger partial charge is 0.253 e. The minimum atomic E-state index is -0.474. The third-order valence-electron chi connectivity index (χ3n) is 3.15. The van der Waals surface area contributed by atoms with E-state index in [0.717, 1.165) is 25.3 Å². The third kappa shape index (κ3) is 4.22. The molecule has 1 amide bonds. The lowest BCUT2D eigenvalue weighted by molar-refractivity contribution is -0.127. The zero-order valence-electron chi connectivity index (χ0n) is 11.1. The van der Waals surface area contributed by atoms with Crippen LogP contribution < -0.4 is 11.1 Å². The van der Waals surface area contributed by atoms with E-state index >= 15 is 0 Å². The van der Waals surface area contributed by atoms with E-state index in [1.807, 2.05) is 0 Å². The first kappa shape index (κ1) is 13.8. The molecular formula is C14H20N2O3. The highest BCUT2D eigenvalue weighted by molar-refractivity contribution is 5.94. The molecule has 0 aromatic heterocycles. The Bertz CT molecular complexity index is 413. The van der Waals surface area contributed by atoms with Crippen molar-refractivity contribution in [1.29, 1.82) is 0 Å². The number of carbonyl (C=O) groups excluding carboxylic acids is 1. The fourth-order valence-electron chi connectivity index (χ4n) is 1.88. The van der Waals surface area contributed by atoms with Crippen LogP contribution in [0, 0.1) is 5.92 Å². The van der Waals surface area contributed by atoms with Gasteiger partial charge in [-0.2, -0.15) is 0 Å². The van der Waals surface area contributed by atoms with E-state index < -0.39 is 6.10 Å². The van der Waals surface area contributed by atoms with E-state index in [1.165, 1.54) is 0 Å². The van der Waals surface area contributed by atoms with Crippen LogP contribution in [0.25, 0.3) is 0 Å². The van der Waals surface area contributed by atoms with Crippen molar-refractivity contribution in [3.63, 3.8) is 0 Å². The summed E-state index contributed by atoms with van der Waals surface area (Å²) in [6.45, 7) is 3.84. The van der Waals surface area contributed by atoms with Crippen LogP contribution >= 0.6 is 0 Å². The van der Waals surface area contributed by atoms with E-state index in [-0.39, 0.29) is 5.91 Å². The molecule has 2 rings (SSSR count). The standard InChI is InChI=1S/C14H20N2O3/c1-10(19-9-11-6-7-18-8-11)14(17)16-13-4-2-12(15)3-5-13/h2-5,10-11H,6-9,15H2,1H3,(H,16,17). The molecule has 0 aliphatic carbocycles. The van der Waals surface area contributed by atoms with Gasteiger partial charge < -0.3 is 20.5 Å². The van der Waals surface area contributed by atoms with Crippen LogP contribution in [0.5, 0.6) is 0 Å². The molecule has 0 bridgehead atoms. The normalized spacial score (nSPS) is 20.2. The van der Waals surface area contributed by atoms with Crippen molar-refractivity contribution in [1.82, 2.24) is 0 Å². The quantitative estimate of drug-likeness (QED) is 0.793. The maximum Gasteiger partial charge on any atom is 0.253 e. The number of benzene rings is 1. The fraction of sp³-hybridized carbons (Fsp3) is 0.500. The molecular weight excluding hydrogens is 244 g/mol. The van der Waals surface area contributed by atoms with Crippen molar-refractivity contribution in [2.75, 3.05) is 30.9 Å². The molecule has 2 atom stereocenters. The molecule has 1 aliphatic rings. The number of hydrogen-bond acceptors (Lipinski definition) is 4. The summed E-state index contributed by atoms with van der Waals surface area (Å²) in [5.41, 5.74) is 6.98. The summed E-state index contributed by atoms with van der Waals surface area (Å²) >= 11 is 0. The monoisotopic (exact) mass is 264 g/mol. The second-order valence-electron chi connectivity index (χ2n) is 4.82. The lowest BCUT2D eigenvalue weighted by Gasteiger charge is -2.15. The van der Waals surface area contributed by atoms with Crippen molar-refractivity contribution < 1.29 is 14.3 Å². The summed E-state index contributed by atoms with van der Waals surface area (Å²) in [4.78, 5) is 11.9. The Morgan fingerprint density at radius 3 is 2.89 bits per heavy atom. The second kappa shape index (κ2) is 6.54. The number of hydrogen-bond donors (Lipinski definition) is 2. The first-order chi connectivity index (χ1) is 9.15. The predicted octanol–water partition coefficient (Wildman–Crippen LogP) is 1.65. The molecule has 3 N–H and O–H groups in total. The number of anilines is 2. The molecule has 0 spiro atoms. The molecule has 1 aromatic carbocycles. The highest BCUT2D eigenvalue weighted by atomic mass is 16.5. The Morgan fingerprint density at radius 2 is 2.26 bits per heavy atom. The average molecular weight is 264 g/mol. The van der Waals surface area contributed by atoms with Gasteiger partial charge >= 0.3 is 0 Å². The number of nitrogens with one attached hydrogen (secondary N) is 1. The second-order valence-corrected chi connectivity index (χ2v) is 4.82. The summed E-state index contributed by atoms with van der Waals surface area (Å²) in [7, 11) is 0. The SMILES string of the molecule is CC(OCC1CCOC1)C(=O)Nc1ccc(N)cc1. The van der Waals surface area contributed by atoms with Gasteiger partial charge in [0.25, 0.3) is 5.91 Å². The fourth-order valence-corrected chi connectivity index (χ4v) is 1.88. The summed E-state index contributed by atoms with van der Waals surface area (Å²) in [5, 5.41) is 2.79. The lowest BCUT2D eigenvalue weighted by atomic mass is 10.1. The molecule has 0 radical (unpaired) electrons. The molecule has 5 heteroatoms. The van der Waals surface area contributed by atoms with E-state index in [2.05, 4.69) is 5.32 Å². The highest BCUT2D eigenvalue weighted by Gasteiger charge is 2.19. The van der Waals surface area contributed by atoms with E-state index in [1.54, 1.807) is 31.2 Å². The zero-order chi connectivity index (χ0) is 13.7. The van der Waals surface area contributed by atoms with Crippen molar-refractivity contribution in [3.8, 4) is 0 Å². The largest absolute Gasteiger partial charge is 0.399 e. The number of carbonyl (C=O) groups is 1. The van der Waals surface area contributed by atoms with Gasteiger partial charge in [0.1, 0.15) is 6.10 Å². The molecule has 1 aromatic rings. The van der Waals surface area contributed by atoms with Crippen molar-refractivity contribution in [2.45, 2.75) is 19.4 Å². The maximum atomic E-state index is 11.9. The Balaban J connectivity index is 1.76. The number of nitrogen functional groups attached to an aromatic ring is 1. The van der Waals surface area contributed by atoms with E-state index in [9.17, 15) is 4.79 Å². The third-order valence-corrected chi connectivity index (χ3v) is 3.15. The minimum Gasteiger partial charge on any atom is -0.399 e. The average Bonchev–Trinajstić information content (AvgIpc) is 2.91. The van der Waals surface area contributed by atoms with Gasteiger partial charge in [0, 0.05) is 23.9 Å². The number of rotatable bonds is 5. The molecule has 1 saturated heterocycles. The van der Waals surface area contributed by atoms with Gasteiger partial charge in [-0.05, 0) is 37.6 Å². The molecule has 5 nitrogen and oxygen atoms in total. The van der Waals surface area contributed by atoms with Crippen molar-refractivity contribution >= 4 is 17.3 Å². The van der Waals surface area contributed by atoms with Crippen LogP contribution in [0.1, 0.15) is 13.3 Å². The van der Waals surface area contributed by atoms with Crippen LogP contribution in [0.15, 0.2) is 24.3 Å². The Hall–Kier alpha value is -1.59. The van der Waals surface area contributed by atoms with Gasteiger partial charge in [-0.3, -0.25) is 4.79 Å². The molecule has 1 fully saturated rings. The summed E-state index contributed by atoms with van der Waals surface area (Å²) in [5.74, 6) is 0.260. The predicted molar refractivity (Wildman–Crippen MR) is 73.8 cm³/mol. The Morgan fingerprint density at radius 1 is 1.53 bits per heavy atom. The molecule has 104 valence electrons. The first-order valence-corrected chi connectivity index (χ1v) is 6.51. The molecule has 1 heterocycles. The topological polar surface area (TPSA) is 73.6 Å². The lowest BCUT2D eigenvalue weighted by Crippen LogP contribution is -2.29. The summed E-state index contributed by atoms with van der Waals surface area (Å²) in [6, 6.07) is 7.03. The van der Waals surface area contributed by atoms with Gasteiger partial charge in [-0.25, -0.2) is 0 Å². The van der Waals surface area contributed by atoms with Gasteiger partial charge in [-0.1, -0.05) is 0 Å². The highest BCUT2D eigenvalue weighted by Crippen LogP contribution is 2.14. The van der Waals surface area contributed by atoms with Crippen LogP contribution in [-0.4, -0.2) is 31.8 Å². The minimum absolute atomic E-state index is 0.149. The van der Waals surface area contributed by atoms with E-state index in [0.29, 0.717) is 18.2 Å². The van der Waals surface area contributed by atoms with Crippen LogP contribution in [0.4, 0.5) is 11.4 Å². The van der Waals surface area contributed by atoms with Gasteiger partial charge in [-0.15, -0.1) is 0 Å². The van der Waals surface area contributed by atoms with Crippen LogP contribution in [0.3, 0.4) is 0 Å². The summed E-state index contributed by atoms with van der Waals surface area (Å²) < 4.78 is 10.8.